The van der Waals surface area contributed by atoms with E-state index in [0.29, 0.717) is 10.0 Å². The van der Waals surface area contributed by atoms with Gasteiger partial charge in [-0.25, -0.2) is 4.39 Å². The number of halogens is 2. The van der Waals surface area contributed by atoms with Gasteiger partial charge in [0.15, 0.2) is 5.78 Å². The van der Waals surface area contributed by atoms with E-state index < -0.39 is 0 Å². The summed E-state index contributed by atoms with van der Waals surface area (Å²) in [4.78, 5) is 11.8. The summed E-state index contributed by atoms with van der Waals surface area (Å²) in [5.74, 6) is -0.354. The SMILES string of the molecule is O=C(COC1CCNCC1)Cc1cc(F)cc(Br)c1. The fourth-order valence-electron chi connectivity index (χ4n) is 2.16. The lowest BCUT2D eigenvalue weighted by Crippen LogP contribution is -2.33. The van der Waals surface area contributed by atoms with Crippen LogP contribution in [-0.4, -0.2) is 31.6 Å². The minimum atomic E-state index is -0.337. The first-order chi connectivity index (χ1) is 9.13. The molecule has 0 radical (unpaired) electrons. The van der Waals surface area contributed by atoms with E-state index in [-0.39, 0.29) is 30.7 Å². The molecule has 19 heavy (non-hydrogen) atoms. The van der Waals surface area contributed by atoms with Crippen molar-refractivity contribution < 1.29 is 13.9 Å². The van der Waals surface area contributed by atoms with E-state index in [1.807, 2.05) is 0 Å². The molecule has 1 fully saturated rings. The molecular formula is C14H17BrFNO2. The Labute approximate surface area is 120 Å². The largest absolute Gasteiger partial charge is 0.370 e. The number of piperidine rings is 1. The number of rotatable bonds is 5. The summed E-state index contributed by atoms with van der Waals surface area (Å²) >= 11 is 3.21. The first-order valence-corrected chi connectivity index (χ1v) is 7.22. The number of benzene rings is 1. The molecule has 5 heteroatoms. The number of ketones is 1. The number of nitrogens with one attached hydrogen (secondary N) is 1. The first kappa shape index (κ1) is 14.6. The highest BCUT2D eigenvalue weighted by Gasteiger charge is 2.15. The lowest BCUT2D eigenvalue weighted by atomic mass is 10.1. The standard InChI is InChI=1S/C14H17BrFNO2/c15-11-5-10(6-12(16)8-11)7-13(18)9-19-14-1-3-17-4-2-14/h5-6,8,14,17H,1-4,7,9H2. The van der Waals surface area contributed by atoms with Crippen molar-refractivity contribution in [3.8, 4) is 0 Å². The second-order valence-corrected chi connectivity index (χ2v) is 5.67. The summed E-state index contributed by atoms with van der Waals surface area (Å²) in [5.41, 5.74) is 0.672. The normalized spacial score (nSPS) is 16.5. The number of carbonyl (C=O) groups is 1. The van der Waals surface area contributed by atoms with Gasteiger partial charge < -0.3 is 10.1 Å². The van der Waals surface area contributed by atoms with E-state index in [1.54, 1.807) is 6.07 Å². The molecule has 1 heterocycles. The van der Waals surface area contributed by atoms with Crippen molar-refractivity contribution in [3.05, 3.63) is 34.1 Å². The summed E-state index contributed by atoms with van der Waals surface area (Å²) in [5, 5.41) is 3.24. The van der Waals surface area contributed by atoms with Crippen molar-refractivity contribution in [2.45, 2.75) is 25.4 Å². The molecular weight excluding hydrogens is 313 g/mol. The van der Waals surface area contributed by atoms with Crippen molar-refractivity contribution in [1.29, 1.82) is 0 Å². The van der Waals surface area contributed by atoms with Gasteiger partial charge in [-0.3, -0.25) is 4.79 Å². The van der Waals surface area contributed by atoms with Crippen LogP contribution in [-0.2, 0) is 16.0 Å². The van der Waals surface area contributed by atoms with Crippen LogP contribution in [0.5, 0.6) is 0 Å². The molecule has 0 unspecified atom stereocenters. The molecule has 1 aromatic carbocycles. The highest BCUT2D eigenvalue weighted by Crippen LogP contribution is 2.16. The van der Waals surface area contributed by atoms with Crippen LogP contribution < -0.4 is 5.32 Å². The van der Waals surface area contributed by atoms with Crippen LogP contribution in [0.4, 0.5) is 4.39 Å². The minimum Gasteiger partial charge on any atom is -0.370 e. The van der Waals surface area contributed by atoms with Gasteiger partial charge in [-0.1, -0.05) is 15.9 Å². The van der Waals surface area contributed by atoms with E-state index in [1.165, 1.54) is 12.1 Å². The zero-order valence-electron chi connectivity index (χ0n) is 10.6. The number of hydrogen-bond acceptors (Lipinski definition) is 3. The number of carbonyl (C=O) groups excluding carboxylic acids is 1. The molecule has 1 aliphatic heterocycles. The van der Waals surface area contributed by atoms with Gasteiger partial charge in [-0.05, 0) is 49.7 Å². The van der Waals surface area contributed by atoms with Crippen LogP contribution in [0.1, 0.15) is 18.4 Å². The maximum atomic E-state index is 13.2. The number of Topliss-reactive ketones (excluding diaryl/α,β-unsaturated/α-hetero) is 1. The minimum absolute atomic E-state index is 0.0176. The van der Waals surface area contributed by atoms with E-state index >= 15 is 0 Å². The predicted molar refractivity (Wildman–Crippen MR) is 74.7 cm³/mol. The van der Waals surface area contributed by atoms with Gasteiger partial charge in [0.25, 0.3) is 0 Å². The molecule has 0 saturated carbocycles. The molecule has 2 rings (SSSR count). The molecule has 1 saturated heterocycles. The van der Waals surface area contributed by atoms with Crippen LogP contribution in [0.15, 0.2) is 22.7 Å². The van der Waals surface area contributed by atoms with Gasteiger partial charge in [0.1, 0.15) is 12.4 Å². The van der Waals surface area contributed by atoms with Gasteiger partial charge in [-0.2, -0.15) is 0 Å². The summed E-state index contributed by atoms with van der Waals surface area (Å²) in [6, 6.07) is 4.51. The third-order valence-electron chi connectivity index (χ3n) is 3.09. The van der Waals surface area contributed by atoms with Crippen molar-refractivity contribution >= 4 is 21.7 Å². The number of ether oxygens (including phenoxy) is 1. The monoisotopic (exact) mass is 329 g/mol. The molecule has 104 valence electrons. The molecule has 0 aromatic heterocycles. The van der Waals surface area contributed by atoms with Crippen LogP contribution in [0.25, 0.3) is 0 Å². The quantitative estimate of drug-likeness (QED) is 0.901. The summed E-state index contributed by atoms with van der Waals surface area (Å²) in [6.45, 7) is 1.99. The fraction of sp³-hybridized carbons (Fsp3) is 0.500. The van der Waals surface area contributed by atoms with Gasteiger partial charge in [0, 0.05) is 10.9 Å². The van der Waals surface area contributed by atoms with E-state index in [0.717, 1.165) is 25.9 Å². The predicted octanol–water partition coefficient (Wildman–Crippen LogP) is 2.47. The highest BCUT2D eigenvalue weighted by atomic mass is 79.9. The summed E-state index contributed by atoms with van der Waals surface area (Å²) in [6.07, 6.45) is 2.27. The van der Waals surface area contributed by atoms with Crippen LogP contribution in [0.2, 0.25) is 0 Å². The second kappa shape index (κ2) is 7.12. The second-order valence-electron chi connectivity index (χ2n) is 4.75. The maximum absolute atomic E-state index is 13.2. The Morgan fingerprint density at radius 3 is 2.79 bits per heavy atom. The van der Waals surface area contributed by atoms with Crippen molar-refractivity contribution in [3.63, 3.8) is 0 Å². The van der Waals surface area contributed by atoms with E-state index in [9.17, 15) is 9.18 Å². The van der Waals surface area contributed by atoms with Gasteiger partial charge in [-0.15, -0.1) is 0 Å². The third kappa shape index (κ3) is 5.01. The summed E-state index contributed by atoms with van der Waals surface area (Å²) < 4.78 is 19.4. The smallest absolute Gasteiger partial charge is 0.162 e. The lowest BCUT2D eigenvalue weighted by molar-refractivity contribution is -0.125. The Hall–Kier alpha value is -0.780. The molecule has 0 aliphatic carbocycles. The third-order valence-corrected chi connectivity index (χ3v) is 3.55. The van der Waals surface area contributed by atoms with Crippen molar-refractivity contribution in [2.75, 3.05) is 19.7 Å². The Morgan fingerprint density at radius 1 is 1.37 bits per heavy atom. The Balaban J connectivity index is 1.80. The Bertz CT molecular complexity index is 427. The molecule has 0 bridgehead atoms. The van der Waals surface area contributed by atoms with Crippen LogP contribution >= 0.6 is 15.9 Å². The van der Waals surface area contributed by atoms with Gasteiger partial charge in [0.2, 0.25) is 0 Å². The summed E-state index contributed by atoms with van der Waals surface area (Å²) in [7, 11) is 0. The zero-order chi connectivity index (χ0) is 13.7. The molecule has 1 N–H and O–H groups in total. The molecule has 0 amide bonds. The average molecular weight is 330 g/mol. The number of hydrogen-bond donors (Lipinski definition) is 1. The van der Waals surface area contributed by atoms with Crippen molar-refractivity contribution in [1.82, 2.24) is 5.32 Å². The zero-order valence-corrected chi connectivity index (χ0v) is 12.2. The average Bonchev–Trinajstić information content (AvgIpc) is 2.36. The Morgan fingerprint density at radius 2 is 2.11 bits per heavy atom. The van der Waals surface area contributed by atoms with Gasteiger partial charge >= 0.3 is 0 Å². The van der Waals surface area contributed by atoms with E-state index in [2.05, 4.69) is 21.2 Å². The van der Waals surface area contributed by atoms with Crippen LogP contribution in [0.3, 0.4) is 0 Å². The highest BCUT2D eigenvalue weighted by molar-refractivity contribution is 9.10. The molecule has 0 atom stereocenters. The molecule has 3 nitrogen and oxygen atoms in total. The van der Waals surface area contributed by atoms with Gasteiger partial charge in [0.05, 0.1) is 6.10 Å². The van der Waals surface area contributed by atoms with Crippen molar-refractivity contribution in [2.24, 2.45) is 0 Å². The molecule has 1 aliphatic rings. The van der Waals surface area contributed by atoms with E-state index in [4.69, 9.17) is 4.74 Å². The topological polar surface area (TPSA) is 38.3 Å². The maximum Gasteiger partial charge on any atom is 0.162 e. The lowest BCUT2D eigenvalue weighted by Gasteiger charge is -2.22. The molecule has 1 aromatic rings. The molecule has 0 spiro atoms. The first-order valence-electron chi connectivity index (χ1n) is 6.42. The fourth-order valence-corrected chi connectivity index (χ4v) is 2.68. The van der Waals surface area contributed by atoms with Crippen LogP contribution in [0, 0.1) is 5.82 Å². The Kier molecular flexibility index (Phi) is 5.48.